The van der Waals surface area contributed by atoms with Crippen molar-refractivity contribution in [1.29, 1.82) is 0 Å². The first kappa shape index (κ1) is 23.5. The topological polar surface area (TPSA) is 94.2 Å². The molecule has 1 aromatic carbocycles. The van der Waals surface area contributed by atoms with Crippen LogP contribution >= 0.6 is 0 Å². The van der Waals surface area contributed by atoms with Crippen molar-refractivity contribution in [1.82, 2.24) is 10.2 Å². The number of esters is 1. The van der Waals surface area contributed by atoms with Gasteiger partial charge in [0, 0.05) is 19.6 Å². The predicted molar refractivity (Wildman–Crippen MR) is 111 cm³/mol. The van der Waals surface area contributed by atoms with Crippen LogP contribution in [0.2, 0.25) is 0 Å². The lowest BCUT2D eigenvalue weighted by Gasteiger charge is -2.40. The van der Waals surface area contributed by atoms with Gasteiger partial charge in [0.25, 0.3) is 0 Å². The number of likely N-dealkylation sites (tertiary alicyclic amines) is 1. The molecule has 1 heterocycles. The Labute approximate surface area is 177 Å². The molecule has 30 heavy (non-hydrogen) atoms. The molecule has 2 amide bonds. The summed E-state index contributed by atoms with van der Waals surface area (Å²) in [7, 11) is 0. The van der Waals surface area contributed by atoms with Crippen LogP contribution in [0.25, 0.3) is 0 Å². The van der Waals surface area contributed by atoms with Crippen LogP contribution in [-0.2, 0) is 25.6 Å². The zero-order chi connectivity index (χ0) is 22.2. The average molecular weight is 421 g/mol. The Kier molecular flexibility index (Phi) is 8.08. The second-order valence-electron chi connectivity index (χ2n) is 8.38. The largest absolute Gasteiger partial charge is 0.466 e. The van der Waals surface area contributed by atoms with Crippen LogP contribution in [-0.4, -0.2) is 54.9 Å². The van der Waals surface area contributed by atoms with Gasteiger partial charge in [0.15, 0.2) is 0 Å². The van der Waals surface area contributed by atoms with E-state index in [0.717, 1.165) is 5.56 Å². The highest BCUT2D eigenvalue weighted by Crippen LogP contribution is 2.33. The molecule has 8 nitrogen and oxygen atoms in total. The van der Waals surface area contributed by atoms with E-state index in [1.54, 1.807) is 11.8 Å². The van der Waals surface area contributed by atoms with E-state index in [0.29, 0.717) is 25.9 Å². The Hall–Kier alpha value is -2.77. The van der Waals surface area contributed by atoms with Crippen molar-refractivity contribution in [2.75, 3.05) is 26.2 Å². The molecule has 0 aromatic heterocycles. The van der Waals surface area contributed by atoms with Gasteiger partial charge in [-0.25, -0.2) is 9.59 Å². The highest BCUT2D eigenvalue weighted by Gasteiger charge is 2.44. The summed E-state index contributed by atoms with van der Waals surface area (Å²) >= 11 is 0. The first-order valence-electron chi connectivity index (χ1n) is 10.2. The van der Waals surface area contributed by atoms with Crippen molar-refractivity contribution in [3.8, 4) is 0 Å². The van der Waals surface area contributed by atoms with Crippen LogP contribution in [0.5, 0.6) is 0 Å². The molecular formula is C22H32N2O6. The molecule has 1 aromatic rings. The summed E-state index contributed by atoms with van der Waals surface area (Å²) in [5.74, 6) is -0.378. The third kappa shape index (κ3) is 6.93. The van der Waals surface area contributed by atoms with E-state index >= 15 is 0 Å². The smallest absolute Gasteiger partial charge is 0.410 e. The highest BCUT2D eigenvalue weighted by atomic mass is 16.6. The fraction of sp³-hybridized carbons (Fsp3) is 0.591. The second kappa shape index (κ2) is 10.3. The predicted octanol–water partition coefficient (Wildman–Crippen LogP) is 3.49. The number of benzene rings is 1. The third-order valence-corrected chi connectivity index (χ3v) is 4.86. The number of piperidine rings is 1. The summed E-state index contributed by atoms with van der Waals surface area (Å²) in [5.41, 5.74) is -0.615. The molecule has 8 heteroatoms. The van der Waals surface area contributed by atoms with E-state index in [-0.39, 0.29) is 25.7 Å². The van der Waals surface area contributed by atoms with E-state index in [4.69, 9.17) is 14.2 Å². The van der Waals surface area contributed by atoms with Crippen molar-refractivity contribution in [2.24, 2.45) is 5.41 Å². The Morgan fingerprint density at radius 3 is 2.27 bits per heavy atom. The summed E-state index contributed by atoms with van der Waals surface area (Å²) in [4.78, 5) is 38.7. The lowest BCUT2D eigenvalue weighted by atomic mass is 9.78. The van der Waals surface area contributed by atoms with Crippen molar-refractivity contribution >= 4 is 18.2 Å². The summed E-state index contributed by atoms with van der Waals surface area (Å²) in [6, 6.07) is 9.34. The fourth-order valence-corrected chi connectivity index (χ4v) is 3.20. The molecule has 0 bridgehead atoms. The number of hydrogen-bond acceptors (Lipinski definition) is 6. The second-order valence-corrected chi connectivity index (χ2v) is 8.38. The Balaban J connectivity index is 1.93. The summed E-state index contributed by atoms with van der Waals surface area (Å²) in [6.45, 7) is 8.32. The number of rotatable bonds is 6. The number of nitrogens with one attached hydrogen (secondary N) is 1. The van der Waals surface area contributed by atoms with Gasteiger partial charge >= 0.3 is 18.2 Å². The normalized spacial score (nSPS) is 15.8. The van der Waals surface area contributed by atoms with Gasteiger partial charge in [-0.1, -0.05) is 30.3 Å². The zero-order valence-electron chi connectivity index (χ0n) is 18.2. The molecule has 0 radical (unpaired) electrons. The van der Waals surface area contributed by atoms with Gasteiger partial charge in [0.1, 0.15) is 12.2 Å². The maximum Gasteiger partial charge on any atom is 0.410 e. The molecule has 1 fully saturated rings. The van der Waals surface area contributed by atoms with Gasteiger partial charge in [0.2, 0.25) is 0 Å². The van der Waals surface area contributed by atoms with Crippen molar-refractivity contribution < 1.29 is 28.6 Å². The van der Waals surface area contributed by atoms with Gasteiger partial charge in [-0.2, -0.15) is 0 Å². The highest BCUT2D eigenvalue weighted by molar-refractivity contribution is 5.79. The molecular weight excluding hydrogens is 388 g/mol. The Morgan fingerprint density at radius 1 is 1.07 bits per heavy atom. The minimum Gasteiger partial charge on any atom is -0.466 e. The third-order valence-electron chi connectivity index (χ3n) is 4.86. The first-order valence-corrected chi connectivity index (χ1v) is 10.2. The Morgan fingerprint density at radius 2 is 1.70 bits per heavy atom. The molecule has 1 N–H and O–H groups in total. The van der Waals surface area contributed by atoms with Crippen LogP contribution in [0.15, 0.2) is 30.3 Å². The minimum absolute atomic E-state index is 0.0849. The van der Waals surface area contributed by atoms with E-state index in [9.17, 15) is 14.4 Å². The molecule has 0 spiro atoms. The van der Waals surface area contributed by atoms with Gasteiger partial charge in [-0.3, -0.25) is 4.79 Å². The number of nitrogens with zero attached hydrogens (tertiary/aromatic N) is 1. The van der Waals surface area contributed by atoms with Gasteiger partial charge in [-0.15, -0.1) is 0 Å². The van der Waals surface area contributed by atoms with E-state index in [1.807, 2.05) is 51.1 Å². The lowest BCUT2D eigenvalue weighted by Crippen LogP contribution is -2.52. The standard InChI is InChI=1S/C22H32N2O6/c1-5-28-18(25)22(11-13-24(14-12-22)20(27)30-21(2,3)4)16-23-19(26)29-15-17-9-7-6-8-10-17/h6-10H,5,11-16H2,1-4H3,(H,23,26). The first-order chi connectivity index (χ1) is 14.1. The van der Waals surface area contributed by atoms with Crippen LogP contribution in [0.3, 0.4) is 0 Å². The average Bonchev–Trinajstić information content (AvgIpc) is 2.70. The maximum atomic E-state index is 12.7. The molecule has 0 unspecified atom stereocenters. The lowest BCUT2D eigenvalue weighted by molar-refractivity contribution is -0.158. The number of carbonyl (C=O) groups excluding carboxylic acids is 3. The summed E-state index contributed by atoms with van der Waals surface area (Å²) in [6.07, 6.45) is -0.277. The molecule has 0 aliphatic carbocycles. The molecule has 0 saturated carbocycles. The molecule has 2 rings (SSSR count). The van der Waals surface area contributed by atoms with Gasteiger partial charge in [-0.05, 0) is 46.1 Å². The fourth-order valence-electron chi connectivity index (χ4n) is 3.20. The monoisotopic (exact) mass is 420 g/mol. The number of ether oxygens (including phenoxy) is 3. The SMILES string of the molecule is CCOC(=O)C1(CNC(=O)OCc2ccccc2)CCN(C(=O)OC(C)(C)C)CC1. The van der Waals surface area contributed by atoms with Crippen molar-refractivity contribution in [3.05, 3.63) is 35.9 Å². The van der Waals surface area contributed by atoms with Crippen LogP contribution in [0.4, 0.5) is 9.59 Å². The van der Waals surface area contributed by atoms with Crippen LogP contribution in [0.1, 0.15) is 46.1 Å². The van der Waals surface area contributed by atoms with E-state index in [1.165, 1.54) is 0 Å². The van der Waals surface area contributed by atoms with Gasteiger partial charge < -0.3 is 24.4 Å². The molecule has 0 atom stereocenters. The van der Waals surface area contributed by atoms with Crippen molar-refractivity contribution in [2.45, 2.75) is 52.7 Å². The van der Waals surface area contributed by atoms with E-state index < -0.39 is 23.2 Å². The quantitative estimate of drug-likeness (QED) is 0.559. The zero-order valence-corrected chi connectivity index (χ0v) is 18.2. The molecule has 1 saturated heterocycles. The van der Waals surface area contributed by atoms with Gasteiger partial charge in [0.05, 0.1) is 12.0 Å². The number of alkyl carbamates (subject to hydrolysis) is 1. The van der Waals surface area contributed by atoms with Crippen molar-refractivity contribution in [3.63, 3.8) is 0 Å². The summed E-state index contributed by atoms with van der Waals surface area (Å²) in [5, 5.41) is 2.69. The maximum absolute atomic E-state index is 12.7. The molecule has 1 aliphatic heterocycles. The number of carbonyl (C=O) groups is 3. The van der Waals surface area contributed by atoms with Crippen LogP contribution < -0.4 is 5.32 Å². The summed E-state index contributed by atoms with van der Waals surface area (Å²) < 4.78 is 15.9. The van der Waals surface area contributed by atoms with Crippen LogP contribution in [0, 0.1) is 5.41 Å². The molecule has 166 valence electrons. The molecule has 1 aliphatic rings. The minimum atomic E-state index is -0.902. The Bertz CT molecular complexity index is 721. The number of amides is 2. The number of hydrogen-bond donors (Lipinski definition) is 1. The van der Waals surface area contributed by atoms with E-state index in [2.05, 4.69) is 5.32 Å².